The standard InChI is InChI=1S/C12H17N5O4S/c1-3-21-7-6-14-22(18,19)10-4-5-11(12(8-10)20-2)17-9-13-15-16-17/h4-5,8-9,14H,3,6-7H2,1-2H3. The molecule has 0 atom stereocenters. The number of benzene rings is 1. The molecule has 2 rings (SSSR count). The topological polar surface area (TPSA) is 108 Å². The van der Waals surface area contributed by atoms with Crippen molar-refractivity contribution in [1.82, 2.24) is 24.9 Å². The van der Waals surface area contributed by atoms with Crippen LogP contribution in [-0.4, -0.2) is 55.5 Å². The van der Waals surface area contributed by atoms with Crippen molar-refractivity contribution < 1.29 is 17.9 Å². The van der Waals surface area contributed by atoms with E-state index in [1.165, 1.54) is 30.3 Å². The fraction of sp³-hybridized carbons (Fsp3) is 0.417. The van der Waals surface area contributed by atoms with Crippen molar-refractivity contribution in [3.8, 4) is 11.4 Å². The highest BCUT2D eigenvalue weighted by molar-refractivity contribution is 7.89. The second-order valence-corrected chi connectivity index (χ2v) is 5.95. The number of hydrogen-bond donors (Lipinski definition) is 1. The maximum absolute atomic E-state index is 12.2. The van der Waals surface area contributed by atoms with Gasteiger partial charge in [0.15, 0.2) is 0 Å². The summed E-state index contributed by atoms with van der Waals surface area (Å²) < 4.78 is 38.5. The van der Waals surface area contributed by atoms with Crippen LogP contribution < -0.4 is 9.46 Å². The molecule has 1 aromatic heterocycles. The smallest absolute Gasteiger partial charge is 0.240 e. The van der Waals surface area contributed by atoms with E-state index in [0.717, 1.165) is 0 Å². The Kier molecular flexibility index (Phi) is 5.41. The van der Waals surface area contributed by atoms with Crippen LogP contribution in [0.15, 0.2) is 29.4 Å². The molecule has 0 radical (unpaired) electrons. The van der Waals surface area contributed by atoms with Gasteiger partial charge in [0.1, 0.15) is 17.8 Å². The van der Waals surface area contributed by atoms with Crippen molar-refractivity contribution in [1.29, 1.82) is 0 Å². The van der Waals surface area contributed by atoms with Crippen molar-refractivity contribution in [2.75, 3.05) is 26.9 Å². The fourth-order valence-corrected chi connectivity index (χ4v) is 2.79. The average Bonchev–Trinajstić information content (AvgIpc) is 3.05. The van der Waals surface area contributed by atoms with Gasteiger partial charge >= 0.3 is 0 Å². The third kappa shape index (κ3) is 3.78. The van der Waals surface area contributed by atoms with Crippen molar-refractivity contribution in [2.24, 2.45) is 0 Å². The van der Waals surface area contributed by atoms with Gasteiger partial charge in [-0.05, 0) is 29.5 Å². The summed E-state index contributed by atoms with van der Waals surface area (Å²) in [6.07, 6.45) is 1.40. The molecule has 0 bridgehead atoms. The van der Waals surface area contributed by atoms with Gasteiger partial charge in [0.2, 0.25) is 10.0 Å². The Morgan fingerprint density at radius 3 is 2.82 bits per heavy atom. The van der Waals surface area contributed by atoms with E-state index in [4.69, 9.17) is 9.47 Å². The predicted molar refractivity (Wildman–Crippen MR) is 77.4 cm³/mol. The van der Waals surface area contributed by atoms with E-state index in [1.54, 1.807) is 6.07 Å². The molecule has 0 unspecified atom stereocenters. The number of aromatic nitrogens is 4. The normalized spacial score (nSPS) is 11.5. The predicted octanol–water partition coefficient (Wildman–Crippen LogP) is -0.0143. The Balaban J connectivity index is 2.22. The van der Waals surface area contributed by atoms with Crippen LogP contribution in [-0.2, 0) is 14.8 Å². The summed E-state index contributed by atoms with van der Waals surface area (Å²) in [4.78, 5) is 0.0951. The van der Waals surface area contributed by atoms with E-state index < -0.39 is 10.0 Å². The monoisotopic (exact) mass is 327 g/mol. The van der Waals surface area contributed by atoms with Gasteiger partial charge in [-0.3, -0.25) is 0 Å². The summed E-state index contributed by atoms with van der Waals surface area (Å²) in [5.41, 5.74) is 0.542. The molecule has 0 fully saturated rings. The van der Waals surface area contributed by atoms with Crippen LogP contribution in [0.4, 0.5) is 0 Å². The number of tetrazole rings is 1. The van der Waals surface area contributed by atoms with Crippen molar-refractivity contribution in [3.05, 3.63) is 24.5 Å². The lowest BCUT2D eigenvalue weighted by Crippen LogP contribution is -2.27. The minimum absolute atomic E-state index is 0.0951. The highest BCUT2D eigenvalue weighted by Crippen LogP contribution is 2.25. The third-order valence-corrected chi connectivity index (χ3v) is 4.26. The van der Waals surface area contributed by atoms with Crippen LogP contribution in [0, 0.1) is 0 Å². The molecule has 0 aliphatic heterocycles. The summed E-state index contributed by atoms with van der Waals surface area (Å²) in [7, 11) is -2.18. The third-order valence-electron chi connectivity index (χ3n) is 2.80. The molecular formula is C12H17N5O4S. The van der Waals surface area contributed by atoms with E-state index in [0.29, 0.717) is 24.7 Å². The Morgan fingerprint density at radius 1 is 1.36 bits per heavy atom. The molecule has 0 aliphatic carbocycles. The average molecular weight is 327 g/mol. The second kappa shape index (κ2) is 7.29. The first kappa shape index (κ1) is 16.3. The zero-order valence-electron chi connectivity index (χ0n) is 12.3. The quantitative estimate of drug-likeness (QED) is 0.679. The zero-order chi connectivity index (χ0) is 16.0. The van der Waals surface area contributed by atoms with Gasteiger partial charge in [-0.25, -0.2) is 13.1 Å². The number of rotatable bonds is 8. The van der Waals surface area contributed by atoms with Gasteiger partial charge in [0.25, 0.3) is 0 Å². The summed E-state index contributed by atoms with van der Waals surface area (Å²) in [5.74, 6) is 0.347. The van der Waals surface area contributed by atoms with Crippen molar-refractivity contribution >= 4 is 10.0 Å². The molecule has 1 aromatic carbocycles. The first-order chi connectivity index (χ1) is 10.6. The Morgan fingerprint density at radius 2 is 2.18 bits per heavy atom. The molecule has 1 N–H and O–H groups in total. The molecular weight excluding hydrogens is 310 g/mol. The van der Waals surface area contributed by atoms with Gasteiger partial charge in [0.05, 0.1) is 18.6 Å². The fourth-order valence-electron chi connectivity index (χ4n) is 1.76. The molecule has 0 aliphatic rings. The van der Waals surface area contributed by atoms with Crippen LogP contribution in [0.3, 0.4) is 0 Å². The number of nitrogens with one attached hydrogen (secondary N) is 1. The van der Waals surface area contributed by atoms with Crippen LogP contribution >= 0.6 is 0 Å². The molecule has 1 heterocycles. The molecule has 9 nitrogen and oxygen atoms in total. The van der Waals surface area contributed by atoms with E-state index >= 15 is 0 Å². The number of ether oxygens (including phenoxy) is 2. The summed E-state index contributed by atoms with van der Waals surface area (Å²) in [6.45, 7) is 2.90. The molecule has 0 spiro atoms. The SMILES string of the molecule is CCOCCNS(=O)(=O)c1ccc(-n2cnnn2)c(OC)c1. The van der Waals surface area contributed by atoms with Crippen LogP contribution in [0.2, 0.25) is 0 Å². The molecule has 120 valence electrons. The molecule has 0 saturated heterocycles. The minimum Gasteiger partial charge on any atom is -0.494 e. The van der Waals surface area contributed by atoms with E-state index in [1.807, 2.05) is 6.92 Å². The minimum atomic E-state index is -3.63. The van der Waals surface area contributed by atoms with Gasteiger partial charge in [-0.15, -0.1) is 5.10 Å². The summed E-state index contributed by atoms with van der Waals surface area (Å²) in [5, 5.41) is 10.8. The number of hydrogen-bond acceptors (Lipinski definition) is 7. The molecule has 10 heteroatoms. The maximum atomic E-state index is 12.2. The largest absolute Gasteiger partial charge is 0.494 e. The van der Waals surface area contributed by atoms with Gasteiger partial charge in [-0.2, -0.15) is 4.68 Å². The maximum Gasteiger partial charge on any atom is 0.240 e. The highest BCUT2D eigenvalue weighted by Gasteiger charge is 2.17. The molecule has 22 heavy (non-hydrogen) atoms. The van der Waals surface area contributed by atoms with Gasteiger partial charge in [0, 0.05) is 19.2 Å². The van der Waals surface area contributed by atoms with Crippen LogP contribution in [0.25, 0.3) is 5.69 Å². The summed E-state index contributed by atoms with van der Waals surface area (Å²) in [6, 6.07) is 4.45. The zero-order valence-corrected chi connectivity index (χ0v) is 13.1. The second-order valence-electron chi connectivity index (χ2n) is 4.18. The highest BCUT2D eigenvalue weighted by atomic mass is 32.2. The van der Waals surface area contributed by atoms with Gasteiger partial charge < -0.3 is 9.47 Å². The lowest BCUT2D eigenvalue weighted by atomic mass is 10.3. The molecule has 2 aromatic rings. The Labute approximate surface area is 128 Å². The lowest BCUT2D eigenvalue weighted by molar-refractivity contribution is 0.153. The number of nitrogens with zero attached hydrogens (tertiary/aromatic N) is 4. The number of sulfonamides is 1. The first-order valence-corrected chi connectivity index (χ1v) is 8.05. The summed E-state index contributed by atoms with van der Waals surface area (Å²) >= 11 is 0. The van der Waals surface area contributed by atoms with Gasteiger partial charge in [-0.1, -0.05) is 0 Å². The molecule has 0 amide bonds. The Hall–Kier alpha value is -2.04. The number of methoxy groups -OCH3 is 1. The van der Waals surface area contributed by atoms with Crippen LogP contribution in [0.1, 0.15) is 6.92 Å². The Bertz CT molecular complexity index is 702. The van der Waals surface area contributed by atoms with Crippen LogP contribution in [0.5, 0.6) is 5.75 Å². The van der Waals surface area contributed by atoms with E-state index in [-0.39, 0.29) is 11.4 Å². The van der Waals surface area contributed by atoms with E-state index in [2.05, 4.69) is 20.2 Å². The molecule has 0 saturated carbocycles. The van der Waals surface area contributed by atoms with E-state index in [9.17, 15) is 8.42 Å². The van der Waals surface area contributed by atoms with Crippen molar-refractivity contribution in [3.63, 3.8) is 0 Å². The first-order valence-electron chi connectivity index (χ1n) is 6.57. The lowest BCUT2D eigenvalue weighted by Gasteiger charge is -2.11. The van der Waals surface area contributed by atoms with Crippen molar-refractivity contribution in [2.45, 2.75) is 11.8 Å².